The zero-order valence-electron chi connectivity index (χ0n) is 26.4. The fourth-order valence-electron chi connectivity index (χ4n) is 5.48. The topological polar surface area (TPSA) is 114 Å². The van der Waals surface area contributed by atoms with Gasteiger partial charge >= 0.3 is 12.1 Å². The first-order chi connectivity index (χ1) is 23.1. The van der Waals surface area contributed by atoms with E-state index in [2.05, 4.69) is 30.2 Å². The Kier molecular flexibility index (Phi) is 11.5. The van der Waals surface area contributed by atoms with Crippen LogP contribution in [0.3, 0.4) is 0 Å². The Morgan fingerprint density at radius 3 is 2.50 bits per heavy atom. The Hall–Kier alpha value is -4.65. The Bertz CT molecular complexity index is 1690. The summed E-state index contributed by atoms with van der Waals surface area (Å²) in [7, 11) is 1.36. The lowest BCUT2D eigenvalue weighted by Crippen LogP contribution is -2.30. The van der Waals surface area contributed by atoms with Gasteiger partial charge in [0, 0.05) is 35.7 Å². The lowest BCUT2D eigenvalue weighted by molar-refractivity contribution is -0.140. The maximum Gasteiger partial charge on any atom is 0.416 e. The Labute approximate surface area is 281 Å². The van der Waals surface area contributed by atoms with Gasteiger partial charge in [-0.3, -0.25) is 14.4 Å². The van der Waals surface area contributed by atoms with E-state index in [9.17, 15) is 27.6 Å². The molecule has 48 heavy (non-hydrogen) atoms. The van der Waals surface area contributed by atoms with E-state index in [0.717, 1.165) is 55.9 Å². The number of thioether (sulfide) groups is 1. The number of halogens is 3. The minimum atomic E-state index is -4.50. The Morgan fingerprint density at radius 2 is 1.77 bits per heavy atom. The van der Waals surface area contributed by atoms with Gasteiger partial charge in [0.25, 0.3) is 11.8 Å². The number of carbonyl (C=O) groups excluding carboxylic acids is 3. The molecule has 5 rings (SSSR count). The van der Waals surface area contributed by atoms with Crippen molar-refractivity contribution in [2.75, 3.05) is 47.2 Å². The van der Waals surface area contributed by atoms with Gasteiger partial charge in [0.1, 0.15) is 0 Å². The van der Waals surface area contributed by atoms with Crippen molar-refractivity contribution in [1.82, 2.24) is 9.97 Å². The van der Waals surface area contributed by atoms with Crippen LogP contribution in [0.5, 0.6) is 0 Å². The van der Waals surface area contributed by atoms with E-state index >= 15 is 0 Å². The third-order valence-corrected chi connectivity index (χ3v) is 9.20. The van der Waals surface area contributed by atoms with Crippen molar-refractivity contribution in [2.24, 2.45) is 5.92 Å². The average molecular weight is 680 g/mol. The van der Waals surface area contributed by atoms with Gasteiger partial charge in [-0.15, -0.1) is 0 Å². The summed E-state index contributed by atoms with van der Waals surface area (Å²) >= 11 is 1.62. The summed E-state index contributed by atoms with van der Waals surface area (Å²) in [5.74, 6) is 0.478. The number of benzene rings is 2. The molecular formula is C35H36F3N5O4S. The largest absolute Gasteiger partial charge is 0.469 e. The zero-order valence-corrected chi connectivity index (χ0v) is 27.2. The molecule has 0 saturated carbocycles. The average Bonchev–Trinajstić information content (AvgIpc) is 3.10. The van der Waals surface area contributed by atoms with Crippen molar-refractivity contribution in [1.29, 1.82) is 0 Å². The number of allylic oxidation sites excluding steroid dienone is 3. The van der Waals surface area contributed by atoms with Gasteiger partial charge in [0.15, 0.2) is 5.82 Å². The second kappa shape index (κ2) is 16.0. The first-order valence-electron chi connectivity index (χ1n) is 15.6. The van der Waals surface area contributed by atoms with E-state index in [0.29, 0.717) is 29.9 Å². The third-order valence-electron chi connectivity index (χ3n) is 8.04. The lowest BCUT2D eigenvalue weighted by atomic mass is 9.95. The Morgan fingerprint density at radius 1 is 1.00 bits per heavy atom. The van der Waals surface area contributed by atoms with Crippen LogP contribution in [-0.2, 0) is 20.5 Å². The molecule has 2 aliphatic rings. The molecule has 2 heterocycles. The van der Waals surface area contributed by atoms with Crippen LogP contribution in [0.4, 0.5) is 30.2 Å². The van der Waals surface area contributed by atoms with Gasteiger partial charge in [-0.25, -0.2) is 9.97 Å². The van der Waals surface area contributed by atoms with Crippen LogP contribution in [0, 0.1) is 5.92 Å². The van der Waals surface area contributed by atoms with Crippen LogP contribution in [-0.4, -0.2) is 59.5 Å². The molecule has 0 radical (unpaired) electrons. The summed E-state index contributed by atoms with van der Waals surface area (Å²) < 4.78 is 44.2. The highest BCUT2D eigenvalue weighted by molar-refractivity contribution is 7.99. The maximum absolute atomic E-state index is 13.7. The van der Waals surface area contributed by atoms with Crippen LogP contribution in [0.2, 0.25) is 0 Å². The van der Waals surface area contributed by atoms with Gasteiger partial charge in [-0.2, -0.15) is 24.9 Å². The molecule has 1 aromatic heterocycles. The summed E-state index contributed by atoms with van der Waals surface area (Å²) in [6.45, 7) is 1.71. The first kappa shape index (κ1) is 34.7. The number of nitrogens with zero attached hydrogens (tertiary/aromatic N) is 3. The molecule has 2 N–H and O–H groups in total. The molecular weight excluding hydrogens is 643 g/mol. The van der Waals surface area contributed by atoms with Crippen molar-refractivity contribution in [3.05, 3.63) is 89.8 Å². The van der Waals surface area contributed by atoms with E-state index in [1.807, 2.05) is 18.2 Å². The number of ether oxygens (including phenoxy) is 1. The molecule has 1 aliphatic heterocycles. The highest BCUT2D eigenvalue weighted by Gasteiger charge is 2.30. The van der Waals surface area contributed by atoms with Gasteiger partial charge in [0.2, 0.25) is 0 Å². The van der Waals surface area contributed by atoms with Crippen molar-refractivity contribution >= 4 is 46.6 Å². The van der Waals surface area contributed by atoms with Crippen LogP contribution >= 0.6 is 11.8 Å². The Balaban J connectivity index is 1.30. The van der Waals surface area contributed by atoms with Gasteiger partial charge < -0.3 is 20.3 Å². The molecule has 0 spiro atoms. The summed E-state index contributed by atoms with van der Waals surface area (Å²) in [6, 6.07) is 10.1. The number of esters is 1. The molecule has 1 atom stereocenters. The van der Waals surface area contributed by atoms with Crippen molar-refractivity contribution < 1.29 is 32.3 Å². The van der Waals surface area contributed by atoms with E-state index in [1.54, 1.807) is 30.0 Å². The third kappa shape index (κ3) is 9.24. The molecule has 13 heteroatoms. The predicted molar refractivity (Wildman–Crippen MR) is 181 cm³/mol. The number of anilines is 3. The normalized spacial score (nSPS) is 16.2. The maximum atomic E-state index is 13.7. The van der Waals surface area contributed by atoms with E-state index in [1.165, 1.54) is 31.6 Å². The second-order valence-electron chi connectivity index (χ2n) is 11.5. The van der Waals surface area contributed by atoms with Crippen LogP contribution < -0.4 is 15.5 Å². The highest BCUT2D eigenvalue weighted by Crippen LogP contribution is 2.32. The SMILES string of the molecule is COC(=O)CCSCC1C=CC=C(C(=O)Nc2ccc(N3CCCCC3)cc2C(=O)Nc2cnc(-c3cccc(C(F)(F)F)c3)nc2)C1. The molecule has 252 valence electrons. The zero-order chi connectivity index (χ0) is 34.1. The minimum Gasteiger partial charge on any atom is -0.469 e. The van der Waals surface area contributed by atoms with Gasteiger partial charge in [-0.1, -0.05) is 30.4 Å². The van der Waals surface area contributed by atoms with E-state index in [-0.39, 0.29) is 40.4 Å². The van der Waals surface area contributed by atoms with E-state index < -0.39 is 17.6 Å². The van der Waals surface area contributed by atoms with Gasteiger partial charge in [0.05, 0.1) is 48.4 Å². The number of nitrogens with one attached hydrogen (secondary N) is 2. The van der Waals surface area contributed by atoms with Crippen LogP contribution in [0.25, 0.3) is 11.4 Å². The number of aromatic nitrogens is 2. The van der Waals surface area contributed by atoms with Crippen molar-refractivity contribution in [2.45, 2.75) is 38.3 Å². The fraction of sp³-hybridized carbons (Fsp3) is 0.343. The molecule has 0 bridgehead atoms. The monoisotopic (exact) mass is 679 g/mol. The number of piperidine rings is 1. The molecule has 1 aliphatic carbocycles. The van der Waals surface area contributed by atoms with Gasteiger partial charge in [-0.05, 0) is 67.7 Å². The quantitative estimate of drug-likeness (QED) is 0.162. The number of rotatable bonds is 11. The first-order valence-corrected chi connectivity index (χ1v) is 16.8. The minimum absolute atomic E-state index is 0.0779. The molecule has 1 unspecified atom stereocenters. The molecule has 2 aromatic carbocycles. The summed E-state index contributed by atoms with van der Waals surface area (Å²) in [6.07, 6.45) is 7.86. The van der Waals surface area contributed by atoms with Crippen molar-refractivity contribution in [3.63, 3.8) is 0 Å². The lowest BCUT2D eigenvalue weighted by Gasteiger charge is -2.29. The molecule has 1 saturated heterocycles. The highest BCUT2D eigenvalue weighted by atomic mass is 32.2. The molecule has 2 amide bonds. The summed E-state index contributed by atoms with van der Waals surface area (Å²) in [5, 5.41) is 5.69. The van der Waals surface area contributed by atoms with E-state index in [4.69, 9.17) is 0 Å². The molecule has 1 fully saturated rings. The van der Waals surface area contributed by atoms with Crippen LogP contribution in [0.1, 0.15) is 48.0 Å². The van der Waals surface area contributed by atoms with Crippen molar-refractivity contribution in [3.8, 4) is 11.4 Å². The number of hydrogen-bond donors (Lipinski definition) is 2. The fourth-order valence-corrected chi connectivity index (χ4v) is 6.49. The number of alkyl halides is 3. The smallest absolute Gasteiger partial charge is 0.416 e. The number of carbonyl (C=O) groups is 3. The second-order valence-corrected chi connectivity index (χ2v) is 12.7. The molecule has 3 aromatic rings. The summed E-state index contributed by atoms with van der Waals surface area (Å²) in [4.78, 5) is 49.1. The number of amides is 2. The predicted octanol–water partition coefficient (Wildman–Crippen LogP) is 7.14. The molecule has 9 nitrogen and oxygen atoms in total. The van der Waals surface area contributed by atoms with Crippen LogP contribution in [0.15, 0.2) is 78.7 Å². The standard InChI is InChI=1S/C35H36F3N5O4S/c1-47-31(44)13-16-48-22-23-7-5-9-25(17-23)33(45)42-30-12-11-28(43-14-3-2-4-15-43)19-29(30)34(46)41-27-20-39-32(40-21-27)24-8-6-10-26(18-24)35(36,37)38/h5-12,18-21,23H,2-4,13-17,22H2,1H3,(H,41,46)(H,42,45). The number of hydrogen-bond acceptors (Lipinski definition) is 8. The number of methoxy groups -OCH3 is 1. The summed E-state index contributed by atoms with van der Waals surface area (Å²) in [5.41, 5.74) is 1.63.